The Kier molecular flexibility index (Phi) is 5.18. The SMILES string of the molecule is Cc1ccc(CC(=O)NCC(=O)NCc2ccc3c(c2)OCO3)cc1. The lowest BCUT2D eigenvalue weighted by Crippen LogP contribution is -2.37. The van der Waals surface area contributed by atoms with Gasteiger partial charge in [-0.25, -0.2) is 0 Å². The molecule has 2 aromatic carbocycles. The maximum absolute atomic E-state index is 11.9. The van der Waals surface area contributed by atoms with Gasteiger partial charge in [-0.15, -0.1) is 0 Å². The van der Waals surface area contributed by atoms with Crippen LogP contribution in [0.2, 0.25) is 0 Å². The summed E-state index contributed by atoms with van der Waals surface area (Å²) < 4.78 is 10.5. The van der Waals surface area contributed by atoms with E-state index in [9.17, 15) is 9.59 Å². The smallest absolute Gasteiger partial charge is 0.239 e. The van der Waals surface area contributed by atoms with E-state index in [4.69, 9.17) is 9.47 Å². The van der Waals surface area contributed by atoms with Crippen LogP contribution in [-0.4, -0.2) is 25.2 Å². The Morgan fingerprint density at radius 1 is 0.920 bits per heavy atom. The van der Waals surface area contributed by atoms with Crippen LogP contribution >= 0.6 is 0 Å². The van der Waals surface area contributed by atoms with Gasteiger partial charge in [0, 0.05) is 6.54 Å². The molecule has 0 radical (unpaired) electrons. The first-order valence-electron chi connectivity index (χ1n) is 8.07. The minimum atomic E-state index is -0.241. The molecule has 25 heavy (non-hydrogen) atoms. The molecule has 1 aliphatic rings. The van der Waals surface area contributed by atoms with Crippen LogP contribution < -0.4 is 20.1 Å². The van der Waals surface area contributed by atoms with E-state index in [2.05, 4.69) is 10.6 Å². The zero-order valence-corrected chi connectivity index (χ0v) is 14.0. The van der Waals surface area contributed by atoms with Gasteiger partial charge in [-0.05, 0) is 30.2 Å². The lowest BCUT2D eigenvalue weighted by atomic mass is 10.1. The first kappa shape index (κ1) is 16.8. The van der Waals surface area contributed by atoms with Gasteiger partial charge in [-0.1, -0.05) is 35.9 Å². The molecule has 6 heteroatoms. The summed E-state index contributed by atoms with van der Waals surface area (Å²) in [6.45, 7) is 2.53. The number of hydrogen-bond donors (Lipinski definition) is 2. The molecule has 0 saturated carbocycles. The third-order valence-corrected chi connectivity index (χ3v) is 3.86. The molecule has 0 spiro atoms. The molecule has 2 N–H and O–H groups in total. The van der Waals surface area contributed by atoms with Crippen LogP contribution in [0.4, 0.5) is 0 Å². The third-order valence-electron chi connectivity index (χ3n) is 3.86. The summed E-state index contributed by atoms with van der Waals surface area (Å²) in [5.41, 5.74) is 2.97. The highest BCUT2D eigenvalue weighted by atomic mass is 16.7. The fourth-order valence-electron chi connectivity index (χ4n) is 2.45. The van der Waals surface area contributed by atoms with E-state index in [0.717, 1.165) is 16.7 Å². The van der Waals surface area contributed by atoms with E-state index in [1.165, 1.54) is 0 Å². The lowest BCUT2D eigenvalue weighted by molar-refractivity contribution is -0.125. The first-order chi connectivity index (χ1) is 12.1. The Labute approximate surface area is 146 Å². The number of rotatable bonds is 6. The first-order valence-corrected chi connectivity index (χ1v) is 8.07. The molecule has 0 aromatic heterocycles. The maximum Gasteiger partial charge on any atom is 0.239 e. The summed E-state index contributed by atoms with van der Waals surface area (Å²) in [6, 6.07) is 13.3. The molecule has 1 heterocycles. The number of hydrogen-bond acceptors (Lipinski definition) is 4. The summed E-state index contributed by atoms with van der Waals surface area (Å²) in [5.74, 6) is 0.966. The largest absolute Gasteiger partial charge is 0.454 e. The number of carbonyl (C=O) groups is 2. The van der Waals surface area contributed by atoms with Gasteiger partial charge in [0.05, 0.1) is 13.0 Å². The summed E-state index contributed by atoms with van der Waals surface area (Å²) in [5, 5.41) is 5.39. The van der Waals surface area contributed by atoms with E-state index in [0.29, 0.717) is 18.0 Å². The molecule has 2 amide bonds. The van der Waals surface area contributed by atoms with Crippen molar-refractivity contribution in [3.05, 3.63) is 59.2 Å². The van der Waals surface area contributed by atoms with Gasteiger partial charge in [-0.3, -0.25) is 9.59 Å². The van der Waals surface area contributed by atoms with Crippen molar-refractivity contribution in [1.29, 1.82) is 0 Å². The van der Waals surface area contributed by atoms with Crippen molar-refractivity contribution in [2.24, 2.45) is 0 Å². The normalized spacial score (nSPS) is 11.9. The molecule has 3 rings (SSSR count). The monoisotopic (exact) mass is 340 g/mol. The summed E-state index contributed by atoms with van der Waals surface area (Å²) >= 11 is 0. The molecular formula is C19H20N2O4. The molecule has 0 bridgehead atoms. The Balaban J connectivity index is 1.40. The number of fused-ring (bicyclic) bond motifs is 1. The molecule has 1 aliphatic heterocycles. The minimum absolute atomic E-state index is 0.0464. The predicted octanol–water partition coefficient (Wildman–Crippen LogP) is 1.70. The number of aryl methyl sites for hydroxylation is 1. The molecule has 0 unspecified atom stereocenters. The van der Waals surface area contributed by atoms with Crippen LogP contribution in [0.5, 0.6) is 11.5 Å². The van der Waals surface area contributed by atoms with Crippen molar-refractivity contribution < 1.29 is 19.1 Å². The van der Waals surface area contributed by atoms with E-state index in [-0.39, 0.29) is 31.6 Å². The van der Waals surface area contributed by atoms with E-state index >= 15 is 0 Å². The van der Waals surface area contributed by atoms with Crippen LogP contribution in [0, 0.1) is 6.92 Å². The van der Waals surface area contributed by atoms with Crippen molar-refractivity contribution >= 4 is 11.8 Å². The fraction of sp³-hybridized carbons (Fsp3) is 0.263. The Morgan fingerprint density at radius 3 is 2.44 bits per heavy atom. The van der Waals surface area contributed by atoms with Gasteiger partial charge >= 0.3 is 0 Å². The van der Waals surface area contributed by atoms with Gasteiger partial charge in [0.25, 0.3) is 0 Å². The Bertz CT molecular complexity index is 771. The second kappa shape index (κ2) is 7.70. The number of amides is 2. The topological polar surface area (TPSA) is 76.7 Å². The average Bonchev–Trinajstić information content (AvgIpc) is 3.08. The molecule has 130 valence electrons. The van der Waals surface area contributed by atoms with Gasteiger partial charge in [0.2, 0.25) is 18.6 Å². The molecule has 0 saturated heterocycles. The van der Waals surface area contributed by atoms with Crippen molar-refractivity contribution in [3.63, 3.8) is 0 Å². The van der Waals surface area contributed by atoms with Gasteiger partial charge < -0.3 is 20.1 Å². The highest BCUT2D eigenvalue weighted by molar-refractivity contribution is 5.85. The van der Waals surface area contributed by atoms with E-state index in [1.807, 2.05) is 49.4 Å². The molecule has 0 fully saturated rings. The van der Waals surface area contributed by atoms with Gasteiger partial charge in [-0.2, -0.15) is 0 Å². The number of nitrogens with one attached hydrogen (secondary N) is 2. The molecule has 0 atom stereocenters. The summed E-state index contributed by atoms with van der Waals surface area (Å²) in [7, 11) is 0. The second-order valence-electron chi connectivity index (χ2n) is 5.90. The molecule has 0 aliphatic carbocycles. The standard InChI is InChI=1S/C19H20N2O4/c1-13-2-4-14(5-3-13)9-18(22)21-11-19(23)20-10-15-6-7-16-17(8-15)25-12-24-16/h2-8H,9-12H2,1H3,(H,20,23)(H,21,22). The Hall–Kier alpha value is -3.02. The lowest BCUT2D eigenvalue weighted by Gasteiger charge is -2.08. The number of ether oxygens (including phenoxy) is 2. The molecule has 6 nitrogen and oxygen atoms in total. The van der Waals surface area contributed by atoms with Crippen LogP contribution in [0.3, 0.4) is 0 Å². The van der Waals surface area contributed by atoms with Crippen molar-refractivity contribution in [2.45, 2.75) is 19.9 Å². The minimum Gasteiger partial charge on any atom is -0.454 e. The summed E-state index contributed by atoms with van der Waals surface area (Å²) in [6.07, 6.45) is 0.260. The average molecular weight is 340 g/mol. The highest BCUT2D eigenvalue weighted by Gasteiger charge is 2.13. The van der Waals surface area contributed by atoms with Crippen LogP contribution in [0.25, 0.3) is 0 Å². The number of benzene rings is 2. The maximum atomic E-state index is 11.9. The zero-order chi connectivity index (χ0) is 17.6. The van der Waals surface area contributed by atoms with Crippen molar-refractivity contribution in [1.82, 2.24) is 10.6 Å². The fourth-order valence-corrected chi connectivity index (χ4v) is 2.45. The van der Waals surface area contributed by atoms with Crippen molar-refractivity contribution in [3.8, 4) is 11.5 Å². The number of carbonyl (C=O) groups excluding carboxylic acids is 2. The van der Waals surface area contributed by atoms with E-state index < -0.39 is 0 Å². The summed E-state index contributed by atoms with van der Waals surface area (Å²) in [4.78, 5) is 23.8. The van der Waals surface area contributed by atoms with Crippen molar-refractivity contribution in [2.75, 3.05) is 13.3 Å². The third kappa shape index (κ3) is 4.73. The van der Waals surface area contributed by atoms with Crippen LogP contribution in [-0.2, 0) is 22.6 Å². The predicted molar refractivity (Wildman–Crippen MR) is 92.3 cm³/mol. The van der Waals surface area contributed by atoms with Crippen LogP contribution in [0.1, 0.15) is 16.7 Å². The van der Waals surface area contributed by atoms with Crippen LogP contribution in [0.15, 0.2) is 42.5 Å². The molecular weight excluding hydrogens is 320 g/mol. The van der Waals surface area contributed by atoms with E-state index in [1.54, 1.807) is 0 Å². The van der Waals surface area contributed by atoms with Gasteiger partial charge in [0.15, 0.2) is 11.5 Å². The second-order valence-corrected chi connectivity index (χ2v) is 5.90. The highest BCUT2D eigenvalue weighted by Crippen LogP contribution is 2.32. The quantitative estimate of drug-likeness (QED) is 0.839. The zero-order valence-electron chi connectivity index (χ0n) is 14.0. The molecule has 2 aromatic rings. The van der Waals surface area contributed by atoms with Gasteiger partial charge in [0.1, 0.15) is 0 Å². The Morgan fingerprint density at radius 2 is 1.64 bits per heavy atom.